The van der Waals surface area contributed by atoms with Gasteiger partial charge in [-0.05, 0) is 25.7 Å². The third kappa shape index (κ3) is 24.3. The fourth-order valence-electron chi connectivity index (χ4n) is 3.00. The molecule has 7 heteroatoms. The van der Waals surface area contributed by atoms with Gasteiger partial charge in [-0.15, -0.1) is 0 Å². The summed E-state index contributed by atoms with van der Waals surface area (Å²) in [6, 6.07) is 0. The second kappa shape index (κ2) is 21.1. The predicted octanol–water partition coefficient (Wildman–Crippen LogP) is 0.921. The van der Waals surface area contributed by atoms with Crippen LogP contribution in [0.4, 0.5) is 0 Å². The maximum Gasteiger partial charge on any atom is 1.00 e. The van der Waals surface area contributed by atoms with E-state index in [0.29, 0.717) is 25.8 Å². The third-order valence-corrected chi connectivity index (χ3v) is 6.12. The van der Waals surface area contributed by atoms with Gasteiger partial charge in [0.15, 0.2) is 0 Å². The minimum Gasteiger partial charge on any atom is -0.550 e. The minimum atomic E-state index is -3.18. The van der Waals surface area contributed by atoms with Crippen LogP contribution in [0.2, 0.25) is 0 Å². The van der Waals surface area contributed by atoms with E-state index in [0.717, 1.165) is 19.3 Å². The normalized spacial score (nSPS) is 11.3. The topological polar surface area (TPSA) is 86.3 Å². The van der Waals surface area contributed by atoms with Gasteiger partial charge in [0.1, 0.15) is 0 Å². The van der Waals surface area contributed by atoms with Crippen LogP contribution in [0.25, 0.3) is 0 Å². The molecule has 1 N–H and O–H groups in total. The van der Waals surface area contributed by atoms with Crippen LogP contribution in [-0.2, 0) is 14.8 Å². The summed E-state index contributed by atoms with van der Waals surface area (Å²) in [5.41, 5.74) is 0. The molecule has 0 aromatic heterocycles. The van der Waals surface area contributed by atoms with E-state index in [9.17, 15) is 18.3 Å². The smallest absolute Gasteiger partial charge is 0.550 e. The molecule has 0 unspecified atom stereocenters. The van der Waals surface area contributed by atoms with Gasteiger partial charge in [-0.3, -0.25) is 0 Å². The maximum atomic E-state index is 11.8. The van der Waals surface area contributed by atoms with E-state index in [1.807, 2.05) is 0 Å². The molecule has 27 heavy (non-hydrogen) atoms. The molecule has 5 nitrogen and oxygen atoms in total. The number of carboxylic acid groups (broad SMARTS) is 1. The van der Waals surface area contributed by atoms with Gasteiger partial charge in [0, 0.05) is 12.5 Å². The van der Waals surface area contributed by atoms with Crippen LogP contribution in [0.15, 0.2) is 0 Å². The summed E-state index contributed by atoms with van der Waals surface area (Å²) in [6.07, 6.45) is 16.7. The molecule has 0 aliphatic carbocycles. The van der Waals surface area contributed by atoms with Gasteiger partial charge in [0.2, 0.25) is 10.0 Å². The predicted molar refractivity (Wildman–Crippen MR) is 106 cm³/mol. The zero-order chi connectivity index (χ0) is 19.5. The molecule has 0 atom stereocenters. The van der Waals surface area contributed by atoms with E-state index in [1.165, 1.54) is 57.8 Å². The molecule has 0 radical (unpaired) electrons. The number of nitrogens with one attached hydrogen (secondary N) is 1. The molecular formula is C20H40NNaO4S. The molecule has 0 aliphatic rings. The van der Waals surface area contributed by atoms with E-state index in [-0.39, 0.29) is 41.7 Å². The standard InChI is InChI=1S/C20H41NO4S.Na/c1-2-3-4-5-6-7-8-9-10-11-12-16-19-26(24,25)21-18-15-13-14-17-20(22)23;/h21H,2-19H2,1H3,(H,22,23);/q;+1/p-1. The van der Waals surface area contributed by atoms with Gasteiger partial charge >= 0.3 is 29.6 Å². The Morgan fingerprint density at radius 3 is 1.67 bits per heavy atom. The molecule has 0 aromatic rings. The number of hydrogen-bond donors (Lipinski definition) is 1. The van der Waals surface area contributed by atoms with E-state index in [4.69, 9.17) is 0 Å². The summed E-state index contributed by atoms with van der Waals surface area (Å²) in [6.45, 7) is 2.64. The second-order valence-electron chi connectivity index (χ2n) is 7.28. The summed E-state index contributed by atoms with van der Waals surface area (Å²) in [5.74, 6) is -0.846. The molecule has 0 saturated carbocycles. The molecular weight excluding hydrogens is 373 g/mol. The Hall–Kier alpha value is 0.380. The fourth-order valence-corrected chi connectivity index (χ4v) is 4.19. The molecule has 0 aromatic carbocycles. The van der Waals surface area contributed by atoms with Crippen molar-refractivity contribution < 1.29 is 47.9 Å². The van der Waals surface area contributed by atoms with Crippen molar-refractivity contribution in [3.63, 3.8) is 0 Å². The van der Waals surface area contributed by atoms with Crippen molar-refractivity contribution >= 4 is 16.0 Å². The van der Waals surface area contributed by atoms with Gasteiger partial charge in [-0.1, -0.05) is 84.0 Å². The van der Waals surface area contributed by atoms with Gasteiger partial charge in [0.05, 0.1) is 5.75 Å². The number of hydrogen-bond acceptors (Lipinski definition) is 4. The summed E-state index contributed by atoms with van der Waals surface area (Å²) in [4.78, 5) is 10.3. The van der Waals surface area contributed by atoms with Gasteiger partial charge in [-0.2, -0.15) is 0 Å². The number of unbranched alkanes of at least 4 members (excludes halogenated alkanes) is 13. The van der Waals surface area contributed by atoms with Crippen LogP contribution in [0.1, 0.15) is 110 Å². The Morgan fingerprint density at radius 2 is 1.19 bits per heavy atom. The zero-order valence-corrected chi connectivity index (χ0v) is 20.6. The van der Waals surface area contributed by atoms with Gasteiger partial charge in [-0.25, -0.2) is 13.1 Å². The number of carbonyl (C=O) groups excluding carboxylic acids is 1. The molecule has 0 fully saturated rings. The SMILES string of the molecule is CCCCCCCCCCCCCCS(=O)(=O)NCCCCCC(=O)[O-].[Na+]. The fraction of sp³-hybridized carbons (Fsp3) is 0.950. The quantitative estimate of drug-likeness (QED) is 0.238. The van der Waals surface area contributed by atoms with Crippen LogP contribution in [-0.4, -0.2) is 26.7 Å². The Morgan fingerprint density at radius 1 is 0.741 bits per heavy atom. The average Bonchev–Trinajstić information content (AvgIpc) is 2.58. The van der Waals surface area contributed by atoms with Crippen LogP contribution >= 0.6 is 0 Å². The Kier molecular flexibility index (Phi) is 23.1. The zero-order valence-electron chi connectivity index (χ0n) is 17.8. The molecule has 0 heterocycles. The van der Waals surface area contributed by atoms with Crippen LogP contribution < -0.4 is 39.4 Å². The van der Waals surface area contributed by atoms with E-state index in [1.54, 1.807) is 0 Å². The van der Waals surface area contributed by atoms with Crippen LogP contribution in [0.3, 0.4) is 0 Å². The first-order chi connectivity index (χ1) is 12.5. The third-order valence-electron chi connectivity index (χ3n) is 4.65. The average molecular weight is 414 g/mol. The molecule has 0 saturated heterocycles. The van der Waals surface area contributed by atoms with E-state index >= 15 is 0 Å². The largest absolute Gasteiger partial charge is 1.00 e. The van der Waals surface area contributed by atoms with Crippen molar-refractivity contribution in [3.8, 4) is 0 Å². The monoisotopic (exact) mass is 413 g/mol. The summed E-state index contributed by atoms with van der Waals surface area (Å²) in [7, 11) is -3.18. The van der Waals surface area contributed by atoms with Crippen molar-refractivity contribution in [2.75, 3.05) is 12.3 Å². The molecule has 0 spiro atoms. The van der Waals surface area contributed by atoms with Crippen molar-refractivity contribution in [2.24, 2.45) is 0 Å². The number of rotatable bonds is 20. The van der Waals surface area contributed by atoms with Crippen molar-refractivity contribution in [1.29, 1.82) is 0 Å². The first-order valence-corrected chi connectivity index (χ1v) is 12.3. The van der Waals surface area contributed by atoms with Crippen LogP contribution in [0, 0.1) is 0 Å². The van der Waals surface area contributed by atoms with Gasteiger partial charge < -0.3 is 9.90 Å². The number of carbonyl (C=O) groups is 1. The molecule has 156 valence electrons. The number of aliphatic carboxylic acids is 1. The number of sulfonamides is 1. The second-order valence-corrected chi connectivity index (χ2v) is 9.21. The molecule has 0 amide bonds. The maximum absolute atomic E-state index is 11.8. The van der Waals surface area contributed by atoms with E-state index < -0.39 is 16.0 Å². The summed E-state index contributed by atoms with van der Waals surface area (Å²) < 4.78 is 26.3. The summed E-state index contributed by atoms with van der Waals surface area (Å²) in [5, 5.41) is 10.3. The molecule has 0 bridgehead atoms. The molecule has 0 aliphatic heterocycles. The Bertz CT molecular complexity index is 430. The minimum absolute atomic E-state index is 0. The Labute approximate surface area is 189 Å². The number of carboxylic acids is 1. The summed E-state index contributed by atoms with van der Waals surface area (Å²) >= 11 is 0. The van der Waals surface area contributed by atoms with Crippen LogP contribution in [0.5, 0.6) is 0 Å². The van der Waals surface area contributed by atoms with Crippen molar-refractivity contribution in [2.45, 2.75) is 110 Å². The first kappa shape index (κ1) is 29.6. The Balaban J connectivity index is 0. The van der Waals surface area contributed by atoms with Crippen molar-refractivity contribution in [1.82, 2.24) is 4.72 Å². The van der Waals surface area contributed by atoms with E-state index in [2.05, 4.69) is 11.6 Å². The first-order valence-electron chi connectivity index (χ1n) is 10.6. The van der Waals surface area contributed by atoms with Gasteiger partial charge in [0.25, 0.3) is 0 Å². The molecule has 0 rings (SSSR count). The van der Waals surface area contributed by atoms with Crippen molar-refractivity contribution in [3.05, 3.63) is 0 Å².